The number of halogens is 2. The van der Waals surface area contributed by atoms with Gasteiger partial charge in [-0.15, -0.1) is 45.7 Å². The summed E-state index contributed by atoms with van der Waals surface area (Å²) in [5.41, 5.74) is 1.22. The van der Waals surface area contributed by atoms with Gasteiger partial charge in [0.2, 0.25) is 17.7 Å². The van der Waals surface area contributed by atoms with Crippen molar-refractivity contribution in [2.24, 2.45) is 0 Å². The highest BCUT2D eigenvalue weighted by Gasteiger charge is 2.26. The zero-order valence-electron chi connectivity index (χ0n) is 21.2. The van der Waals surface area contributed by atoms with E-state index in [1.807, 2.05) is 13.1 Å². The van der Waals surface area contributed by atoms with Gasteiger partial charge in [0.1, 0.15) is 17.1 Å². The van der Waals surface area contributed by atoms with Crippen molar-refractivity contribution in [2.75, 3.05) is 58.5 Å². The molecule has 2 aliphatic heterocycles. The molecular formula is C25H39Br2N5O2S. The number of hydrogen-bond acceptors (Lipinski definition) is 8. The van der Waals surface area contributed by atoms with Crippen LogP contribution in [0.4, 0.5) is 5.95 Å². The molecule has 7 nitrogen and oxygen atoms in total. The van der Waals surface area contributed by atoms with Gasteiger partial charge in [0.15, 0.2) is 0 Å². The first-order chi connectivity index (χ1) is 16.0. The fourth-order valence-electron chi connectivity index (χ4n) is 4.35. The van der Waals surface area contributed by atoms with E-state index >= 15 is 0 Å². The van der Waals surface area contributed by atoms with Gasteiger partial charge in [-0.25, -0.2) is 0 Å². The summed E-state index contributed by atoms with van der Waals surface area (Å²) in [7, 11) is 6.36. The predicted octanol–water partition coefficient (Wildman–Crippen LogP) is 4.94. The largest absolute Gasteiger partial charge is 0.473 e. The molecule has 10 heteroatoms. The standard InChI is InChI=1S/C25H37N5O2S.2BrH/c1-28-14-10-20(11-15-28)31-23-22(33-4)24(32-21-12-16-29(2)17-13-21)27-25(26-23)30(3)18-19-8-6-5-7-9-19;;/h5-9,20-21H,10-18H2,1-4H3;2*1H. The number of piperidine rings is 2. The van der Waals surface area contributed by atoms with Crippen LogP contribution in [0, 0.1) is 0 Å². The van der Waals surface area contributed by atoms with Gasteiger partial charge in [-0.3, -0.25) is 0 Å². The molecule has 0 aliphatic carbocycles. The van der Waals surface area contributed by atoms with Crippen molar-refractivity contribution < 1.29 is 9.47 Å². The Labute approximate surface area is 235 Å². The highest BCUT2D eigenvalue weighted by atomic mass is 79.9. The first kappa shape index (κ1) is 30.2. The van der Waals surface area contributed by atoms with Crippen LogP contribution < -0.4 is 14.4 Å². The fraction of sp³-hybridized carbons (Fsp3) is 0.600. The zero-order chi connectivity index (χ0) is 23.2. The maximum atomic E-state index is 6.50. The van der Waals surface area contributed by atoms with Crippen molar-refractivity contribution >= 4 is 51.7 Å². The second-order valence-corrected chi connectivity index (χ2v) is 10.1. The van der Waals surface area contributed by atoms with Crippen LogP contribution in [0.15, 0.2) is 35.2 Å². The molecule has 1 aromatic heterocycles. The molecule has 35 heavy (non-hydrogen) atoms. The summed E-state index contributed by atoms with van der Waals surface area (Å²) in [5, 5.41) is 0. The lowest BCUT2D eigenvalue weighted by Crippen LogP contribution is -2.36. The SMILES string of the molecule is Br.Br.CSc1c(OC2CCN(C)CC2)nc(N(C)Cc2ccccc2)nc1OC1CCN(C)CC1. The molecule has 2 fully saturated rings. The molecule has 2 saturated heterocycles. The lowest BCUT2D eigenvalue weighted by atomic mass is 10.1. The summed E-state index contributed by atoms with van der Waals surface area (Å²) < 4.78 is 13.0. The summed E-state index contributed by atoms with van der Waals surface area (Å²) in [6.07, 6.45) is 6.43. The monoisotopic (exact) mass is 631 g/mol. The third-order valence-electron chi connectivity index (χ3n) is 6.49. The van der Waals surface area contributed by atoms with E-state index in [0.717, 1.165) is 63.3 Å². The van der Waals surface area contributed by atoms with Gasteiger partial charge in [-0.2, -0.15) is 9.97 Å². The number of thioether (sulfide) groups is 1. The van der Waals surface area contributed by atoms with Gasteiger partial charge in [0, 0.05) is 39.8 Å². The van der Waals surface area contributed by atoms with Gasteiger partial charge in [-0.05, 0) is 51.6 Å². The van der Waals surface area contributed by atoms with E-state index < -0.39 is 0 Å². The quantitative estimate of drug-likeness (QED) is 0.380. The Morgan fingerprint density at radius 1 is 0.857 bits per heavy atom. The highest BCUT2D eigenvalue weighted by molar-refractivity contribution is 8.93. The molecule has 0 amide bonds. The number of hydrogen-bond donors (Lipinski definition) is 0. The third kappa shape index (κ3) is 8.49. The maximum Gasteiger partial charge on any atom is 0.236 e. The molecule has 0 atom stereocenters. The summed E-state index contributed by atoms with van der Waals surface area (Å²) in [4.78, 5) is 17.5. The second-order valence-electron chi connectivity index (χ2n) is 9.25. The van der Waals surface area contributed by atoms with E-state index in [4.69, 9.17) is 19.4 Å². The summed E-state index contributed by atoms with van der Waals surface area (Å²) in [6.45, 7) is 4.91. The average molecular weight is 633 g/mol. The molecule has 0 spiro atoms. The molecule has 0 unspecified atom stereocenters. The molecule has 2 aromatic rings. The van der Waals surface area contributed by atoms with Gasteiger partial charge in [0.25, 0.3) is 0 Å². The number of anilines is 1. The second kappa shape index (κ2) is 14.6. The van der Waals surface area contributed by atoms with Gasteiger partial charge in [-0.1, -0.05) is 30.3 Å². The first-order valence-corrected chi connectivity index (χ1v) is 13.2. The van der Waals surface area contributed by atoms with Gasteiger partial charge in [0.05, 0.1) is 0 Å². The summed E-state index contributed by atoms with van der Waals surface area (Å²) in [5.74, 6) is 1.96. The van der Waals surface area contributed by atoms with Crippen molar-refractivity contribution in [3.05, 3.63) is 35.9 Å². The predicted molar refractivity (Wildman–Crippen MR) is 155 cm³/mol. The van der Waals surface area contributed by atoms with Crippen LogP contribution in [0.1, 0.15) is 31.2 Å². The van der Waals surface area contributed by atoms with Crippen molar-refractivity contribution in [2.45, 2.75) is 49.3 Å². The molecule has 0 bridgehead atoms. The Morgan fingerprint density at radius 3 is 1.74 bits per heavy atom. The molecule has 3 heterocycles. The molecule has 0 saturated carbocycles. The Bertz CT molecular complexity index is 850. The van der Waals surface area contributed by atoms with E-state index in [0.29, 0.717) is 17.7 Å². The minimum Gasteiger partial charge on any atom is -0.473 e. The lowest BCUT2D eigenvalue weighted by Gasteiger charge is -2.31. The van der Waals surface area contributed by atoms with Crippen molar-refractivity contribution in [1.29, 1.82) is 0 Å². The first-order valence-electron chi connectivity index (χ1n) is 11.9. The Morgan fingerprint density at radius 2 is 1.31 bits per heavy atom. The van der Waals surface area contributed by atoms with E-state index in [2.05, 4.69) is 59.3 Å². The van der Waals surface area contributed by atoms with Crippen molar-refractivity contribution in [3.8, 4) is 11.8 Å². The number of likely N-dealkylation sites (tertiary alicyclic amines) is 2. The molecule has 4 rings (SSSR count). The minimum atomic E-state index is 0. The van der Waals surface area contributed by atoms with Gasteiger partial charge < -0.3 is 24.2 Å². The van der Waals surface area contributed by atoms with Crippen LogP contribution in [-0.4, -0.2) is 85.6 Å². The van der Waals surface area contributed by atoms with E-state index in [9.17, 15) is 0 Å². The Hall–Kier alpha value is -1.07. The topological polar surface area (TPSA) is 54.0 Å². The smallest absolute Gasteiger partial charge is 0.236 e. The number of benzene rings is 1. The van der Waals surface area contributed by atoms with Crippen molar-refractivity contribution in [1.82, 2.24) is 19.8 Å². The average Bonchev–Trinajstić information content (AvgIpc) is 2.82. The third-order valence-corrected chi connectivity index (χ3v) is 7.24. The Kier molecular flexibility index (Phi) is 12.6. The minimum absolute atomic E-state index is 0. The number of rotatable bonds is 8. The molecule has 0 radical (unpaired) electrons. The van der Waals surface area contributed by atoms with E-state index in [1.54, 1.807) is 11.8 Å². The fourth-order valence-corrected chi connectivity index (χ4v) is 4.89. The summed E-state index contributed by atoms with van der Waals surface area (Å²) in [6, 6.07) is 10.4. The Balaban J connectivity index is 0.00000216. The number of ether oxygens (including phenoxy) is 2. The highest BCUT2D eigenvalue weighted by Crippen LogP contribution is 2.38. The van der Waals surface area contributed by atoms with Gasteiger partial charge >= 0.3 is 0 Å². The number of aromatic nitrogens is 2. The molecule has 2 aliphatic rings. The van der Waals surface area contributed by atoms with Crippen LogP contribution >= 0.6 is 45.7 Å². The van der Waals surface area contributed by atoms with Crippen molar-refractivity contribution in [3.63, 3.8) is 0 Å². The lowest BCUT2D eigenvalue weighted by molar-refractivity contribution is 0.0961. The molecule has 1 aromatic carbocycles. The van der Waals surface area contributed by atoms with Crippen LogP contribution in [-0.2, 0) is 6.54 Å². The number of nitrogens with zero attached hydrogens (tertiary/aromatic N) is 5. The zero-order valence-corrected chi connectivity index (χ0v) is 25.4. The van der Waals surface area contributed by atoms with Crippen LogP contribution in [0.2, 0.25) is 0 Å². The van der Waals surface area contributed by atoms with Crippen LogP contribution in [0.25, 0.3) is 0 Å². The normalized spacial score (nSPS) is 17.8. The molecule has 196 valence electrons. The van der Waals surface area contributed by atoms with E-state index in [1.165, 1.54) is 5.56 Å². The van der Waals surface area contributed by atoms with Crippen LogP contribution in [0.3, 0.4) is 0 Å². The van der Waals surface area contributed by atoms with E-state index in [-0.39, 0.29) is 46.2 Å². The molecule has 0 N–H and O–H groups in total. The molecular weight excluding hydrogens is 594 g/mol. The summed E-state index contributed by atoms with van der Waals surface area (Å²) >= 11 is 1.61. The maximum absolute atomic E-state index is 6.50. The van der Waals surface area contributed by atoms with Crippen LogP contribution in [0.5, 0.6) is 11.8 Å².